The zero-order chi connectivity index (χ0) is 11.5. The van der Waals surface area contributed by atoms with Crippen molar-refractivity contribution in [3.05, 3.63) is 28.2 Å². The Hall–Kier alpha value is -0.0200. The molecule has 1 aromatic rings. The molecule has 1 aromatic carbocycles. The first-order valence-corrected chi connectivity index (χ1v) is 7.49. The molecule has 1 aliphatic carbocycles. The highest BCUT2D eigenvalue weighted by molar-refractivity contribution is 9.10. The van der Waals surface area contributed by atoms with E-state index in [1.807, 2.05) is 0 Å². The Kier molecular flexibility index (Phi) is 4.31. The van der Waals surface area contributed by atoms with Gasteiger partial charge in [-0.2, -0.15) is 0 Å². The second kappa shape index (κ2) is 5.54. The Bertz CT molecular complexity index is 361. The molecule has 0 aliphatic heterocycles. The minimum Gasteiger partial charge on any atom is -0.492 e. The van der Waals surface area contributed by atoms with E-state index in [1.54, 1.807) is 0 Å². The van der Waals surface area contributed by atoms with Crippen LogP contribution in [0.1, 0.15) is 36.6 Å². The summed E-state index contributed by atoms with van der Waals surface area (Å²) in [6, 6.07) is 6.39. The summed E-state index contributed by atoms with van der Waals surface area (Å²) >= 11 is 7.33. The summed E-state index contributed by atoms with van der Waals surface area (Å²) in [5, 5.41) is 0. The second-order valence-electron chi connectivity index (χ2n) is 4.28. The molecule has 0 N–H and O–H groups in total. The van der Waals surface area contributed by atoms with E-state index in [2.05, 4.69) is 57.0 Å². The van der Waals surface area contributed by atoms with Crippen LogP contribution < -0.4 is 4.74 Å². The molecule has 1 aliphatic rings. The van der Waals surface area contributed by atoms with E-state index >= 15 is 0 Å². The predicted octanol–water partition coefficient (Wildman–Crippen LogP) is 5.08. The molecule has 0 bridgehead atoms. The SMILES string of the molecule is CCCOc1ccc(C(Br)C2CC2)cc1Br. The van der Waals surface area contributed by atoms with Gasteiger partial charge >= 0.3 is 0 Å². The van der Waals surface area contributed by atoms with Gasteiger partial charge in [-0.25, -0.2) is 0 Å². The molecule has 0 radical (unpaired) electrons. The third kappa shape index (κ3) is 3.01. The van der Waals surface area contributed by atoms with Crippen molar-refractivity contribution >= 4 is 31.9 Å². The summed E-state index contributed by atoms with van der Waals surface area (Å²) in [6.07, 6.45) is 3.74. The lowest BCUT2D eigenvalue weighted by Gasteiger charge is -2.12. The van der Waals surface area contributed by atoms with Gasteiger partial charge in [0, 0.05) is 4.83 Å². The minimum atomic E-state index is 0.504. The predicted molar refractivity (Wildman–Crippen MR) is 74.3 cm³/mol. The largest absolute Gasteiger partial charge is 0.492 e. The average molecular weight is 348 g/mol. The molecular weight excluding hydrogens is 332 g/mol. The molecule has 16 heavy (non-hydrogen) atoms. The lowest BCUT2D eigenvalue weighted by atomic mass is 10.1. The summed E-state index contributed by atoms with van der Waals surface area (Å²) in [4.78, 5) is 0.504. The lowest BCUT2D eigenvalue weighted by molar-refractivity contribution is 0.315. The van der Waals surface area contributed by atoms with Gasteiger partial charge in [0.25, 0.3) is 0 Å². The molecule has 0 spiro atoms. The van der Waals surface area contributed by atoms with Gasteiger partial charge in [-0.1, -0.05) is 28.9 Å². The molecule has 1 saturated carbocycles. The maximum absolute atomic E-state index is 5.63. The van der Waals surface area contributed by atoms with Gasteiger partial charge in [-0.05, 0) is 58.8 Å². The highest BCUT2D eigenvalue weighted by Crippen LogP contribution is 2.47. The van der Waals surface area contributed by atoms with Crippen molar-refractivity contribution in [2.24, 2.45) is 5.92 Å². The Labute approximate surface area is 114 Å². The maximum atomic E-state index is 5.63. The summed E-state index contributed by atoms with van der Waals surface area (Å²) in [6.45, 7) is 2.89. The average Bonchev–Trinajstić information content (AvgIpc) is 3.10. The fourth-order valence-electron chi connectivity index (χ4n) is 1.68. The van der Waals surface area contributed by atoms with Crippen molar-refractivity contribution in [1.29, 1.82) is 0 Å². The fraction of sp³-hybridized carbons (Fsp3) is 0.538. The van der Waals surface area contributed by atoms with Gasteiger partial charge in [-0.3, -0.25) is 0 Å². The van der Waals surface area contributed by atoms with Crippen LogP contribution in [0.3, 0.4) is 0 Å². The summed E-state index contributed by atoms with van der Waals surface area (Å²) in [5.74, 6) is 1.77. The molecule has 0 amide bonds. The van der Waals surface area contributed by atoms with Crippen molar-refractivity contribution in [2.45, 2.75) is 31.0 Å². The van der Waals surface area contributed by atoms with E-state index < -0.39 is 0 Å². The zero-order valence-corrected chi connectivity index (χ0v) is 12.6. The highest BCUT2D eigenvalue weighted by Gasteiger charge is 2.30. The number of benzene rings is 1. The normalized spacial score (nSPS) is 17.2. The molecule has 0 saturated heterocycles. The van der Waals surface area contributed by atoms with Gasteiger partial charge in [0.15, 0.2) is 0 Å². The first kappa shape index (κ1) is 12.4. The summed E-state index contributed by atoms with van der Waals surface area (Å²) in [7, 11) is 0. The molecule has 1 fully saturated rings. The van der Waals surface area contributed by atoms with E-state index in [-0.39, 0.29) is 0 Å². The first-order valence-electron chi connectivity index (χ1n) is 5.78. The molecule has 2 rings (SSSR count). The Morgan fingerprint density at radius 1 is 1.44 bits per heavy atom. The number of hydrogen-bond acceptors (Lipinski definition) is 1. The van der Waals surface area contributed by atoms with E-state index in [9.17, 15) is 0 Å². The van der Waals surface area contributed by atoms with Crippen LogP contribution in [-0.2, 0) is 0 Å². The third-order valence-corrected chi connectivity index (χ3v) is 4.67. The van der Waals surface area contributed by atoms with Crippen molar-refractivity contribution in [2.75, 3.05) is 6.61 Å². The topological polar surface area (TPSA) is 9.23 Å². The number of hydrogen-bond donors (Lipinski definition) is 0. The molecule has 1 atom stereocenters. The lowest BCUT2D eigenvalue weighted by Crippen LogP contribution is -1.97. The van der Waals surface area contributed by atoms with E-state index in [0.717, 1.165) is 29.2 Å². The van der Waals surface area contributed by atoms with Gasteiger partial charge < -0.3 is 4.74 Å². The number of halogens is 2. The highest BCUT2D eigenvalue weighted by atomic mass is 79.9. The van der Waals surface area contributed by atoms with Crippen LogP contribution in [0.15, 0.2) is 22.7 Å². The van der Waals surface area contributed by atoms with Crippen LogP contribution in [0.25, 0.3) is 0 Å². The van der Waals surface area contributed by atoms with Crippen molar-refractivity contribution in [3.8, 4) is 5.75 Å². The quantitative estimate of drug-likeness (QED) is 0.674. The molecule has 0 aromatic heterocycles. The molecule has 3 heteroatoms. The summed E-state index contributed by atoms with van der Waals surface area (Å²) in [5.41, 5.74) is 1.35. The zero-order valence-electron chi connectivity index (χ0n) is 9.38. The molecule has 88 valence electrons. The number of ether oxygens (including phenoxy) is 1. The van der Waals surface area contributed by atoms with Crippen molar-refractivity contribution < 1.29 is 4.74 Å². The smallest absolute Gasteiger partial charge is 0.133 e. The molecule has 1 unspecified atom stereocenters. The van der Waals surface area contributed by atoms with Gasteiger partial charge in [0.2, 0.25) is 0 Å². The third-order valence-electron chi connectivity index (χ3n) is 2.77. The molecule has 1 nitrogen and oxygen atoms in total. The van der Waals surface area contributed by atoms with Crippen LogP contribution in [0.2, 0.25) is 0 Å². The minimum absolute atomic E-state index is 0.504. The van der Waals surface area contributed by atoms with E-state index in [1.165, 1.54) is 18.4 Å². The second-order valence-corrected chi connectivity index (χ2v) is 6.12. The van der Waals surface area contributed by atoms with E-state index in [4.69, 9.17) is 4.74 Å². The standard InChI is InChI=1S/C13H16Br2O/c1-2-7-16-12-6-5-10(8-11(12)14)13(15)9-3-4-9/h5-6,8-9,13H,2-4,7H2,1H3. The van der Waals surface area contributed by atoms with Gasteiger partial charge in [0.05, 0.1) is 11.1 Å². The van der Waals surface area contributed by atoms with Crippen LogP contribution in [0, 0.1) is 5.92 Å². The Morgan fingerprint density at radius 3 is 2.75 bits per heavy atom. The van der Waals surface area contributed by atoms with Crippen LogP contribution in [0.5, 0.6) is 5.75 Å². The van der Waals surface area contributed by atoms with Crippen LogP contribution in [-0.4, -0.2) is 6.61 Å². The Balaban J connectivity index is 2.08. The van der Waals surface area contributed by atoms with Gasteiger partial charge in [0.1, 0.15) is 5.75 Å². The van der Waals surface area contributed by atoms with Crippen molar-refractivity contribution in [1.82, 2.24) is 0 Å². The number of rotatable bonds is 5. The maximum Gasteiger partial charge on any atom is 0.133 e. The first-order chi connectivity index (χ1) is 7.72. The molecule has 0 heterocycles. The van der Waals surface area contributed by atoms with Crippen molar-refractivity contribution in [3.63, 3.8) is 0 Å². The fourth-order valence-corrected chi connectivity index (χ4v) is 3.00. The number of alkyl halides is 1. The monoisotopic (exact) mass is 346 g/mol. The van der Waals surface area contributed by atoms with Crippen LogP contribution >= 0.6 is 31.9 Å². The van der Waals surface area contributed by atoms with Crippen LogP contribution in [0.4, 0.5) is 0 Å². The molecular formula is C13H16Br2O. The Morgan fingerprint density at radius 2 is 2.19 bits per heavy atom. The van der Waals surface area contributed by atoms with E-state index in [0.29, 0.717) is 4.83 Å². The summed E-state index contributed by atoms with van der Waals surface area (Å²) < 4.78 is 6.69. The van der Waals surface area contributed by atoms with Gasteiger partial charge in [-0.15, -0.1) is 0 Å².